The van der Waals surface area contributed by atoms with Crippen molar-refractivity contribution < 1.29 is 14.3 Å². The van der Waals surface area contributed by atoms with Gasteiger partial charge in [-0.15, -0.1) is 0 Å². The molecule has 22 heavy (non-hydrogen) atoms. The van der Waals surface area contributed by atoms with Crippen molar-refractivity contribution >= 4 is 23.2 Å². The summed E-state index contributed by atoms with van der Waals surface area (Å²) in [7, 11) is 1.55. The highest BCUT2D eigenvalue weighted by Crippen LogP contribution is 2.28. The third kappa shape index (κ3) is 4.73. The fourth-order valence-electron chi connectivity index (χ4n) is 2.64. The molecule has 0 saturated carbocycles. The number of piperidine rings is 1. The summed E-state index contributed by atoms with van der Waals surface area (Å²) >= 11 is 0. The van der Waals surface area contributed by atoms with E-state index < -0.39 is 0 Å². The van der Waals surface area contributed by atoms with Crippen LogP contribution in [0, 0.1) is 5.92 Å². The standard InChI is InChI=1S/C16H23N3O3/c1-11(20)18-13-3-4-15(22-2)14(10-13)19-16(21)9-12-5-7-17-8-6-12/h3-4,10,12,17H,5-9H2,1-2H3,(H,18,20)(H,19,21). The van der Waals surface area contributed by atoms with Crippen LogP contribution in [0.2, 0.25) is 0 Å². The Kier molecular flexibility index (Phi) is 5.77. The smallest absolute Gasteiger partial charge is 0.224 e. The summed E-state index contributed by atoms with van der Waals surface area (Å²) in [5.74, 6) is 0.820. The van der Waals surface area contributed by atoms with Crippen molar-refractivity contribution in [1.29, 1.82) is 0 Å². The maximum absolute atomic E-state index is 12.2. The predicted molar refractivity (Wildman–Crippen MR) is 86.1 cm³/mol. The number of amides is 2. The molecular formula is C16H23N3O3. The lowest BCUT2D eigenvalue weighted by atomic mass is 9.94. The molecule has 0 atom stereocenters. The first-order valence-corrected chi connectivity index (χ1v) is 7.54. The second-order valence-corrected chi connectivity index (χ2v) is 5.54. The summed E-state index contributed by atoms with van der Waals surface area (Å²) in [5.41, 5.74) is 1.21. The van der Waals surface area contributed by atoms with E-state index in [4.69, 9.17) is 4.74 Å². The van der Waals surface area contributed by atoms with Gasteiger partial charge in [0.2, 0.25) is 11.8 Å². The van der Waals surface area contributed by atoms with Crippen LogP contribution in [0.25, 0.3) is 0 Å². The molecule has 0 aliphatic carbocycles. The maximum atomic E-state index is 12.2. The molecule has 6 heteroatoms. The molecule has 0 radical (unpaired) electrons. The summed E-state index contributed by atoms with van der Waals surface area (Å²) in [6.07, 6.45) is 2.56. The molecular weight excluding hydrogens is 282 g/mol. The van der Waals surface area contributed by atoms with E-state index in [1.807, 2.05) is 0 Å². The lowest BCUT2D eigenvalue weighted by Gasteiger charge is -2.22. The first-order valence-electron chi connectivity index (χ1n) is 7.54. The van der Waals surface area contributed by atoms with E-state index in [2.05, 4.69) is 16.0 Å². The Bertz CT molecular complexity index is 539. The van der Waals surface area contributed by atoms with E-state index in [0.29, 0.717) is 29.5 Å². The number of methoxy groups -OCH3 is 1. The number of nitrogens with one attached hydrogen (secondary N) is 3. The van der Waals surface area contributed by atoms with E-state index in [0.717, 1.165) is 25.9 Å². The molecule has 1 aromatic carbocycles. The van der Waals surface area contributed by atoms with Gasteiger partial charge in [0.15, 0.2) is 0 Å². The first-order chi connectivity index (χ1) is 10.6. The number of hydrogen-bond acceptors (Lipinski definition) is 4. The first kappa shape index (κ1) is 16.3. The molecule has 1 heterocycles. The van der Waals surface area contributed by atoms with Crippen LogP contribution < -0.4 is 20.7 Å². The van der Waals surface area contributed by atoms with E-state index in [-0.39, 0.29) is 11.8 Å². The average molecular weight is 305 g/mol. The Morgan fingerprint density at radius 1 is 1.27 bits per heavy atom. The Balaban J connectivity index is 2.02. The largest absolute Gasteiger partial charge is 0.495 e. The molecule has 120 valence electrons. The quantitative estimate of drug-likeness (QED) is 0.777. The number of ether oxygens (including phenoxy) is 1. The van der Waals surface area contributed by atoms with Crippen LogP contribution in [0.15, 0.2) is 18.2 Å². The molecule has 1 aliphatic heterocycles. The predicted octanol–water partition coefficient (Wildman–Crippen LogP) is 1.98. The van der Waals surface area contributed by atoms with Crippen LogP contribution in [0.5, 0.6) is 5.75 Å². The topological polar surface area (TPSA) is 79.5 Å². The van der Waals surface area contributed by atoms with Gasteiger partial charge in [-0.3, -0.25) is 9.59 Å². The monoisotopic (exact) mass is 305 g/mol. The number of carbonyl (C=O) groups excluding carboxylic acids is 2. The number of hydrogen-bond donors (Lipinski definition) is 3. The Morgan fingerprint density at radius 2 is 2.00 bits per heavy atom. The number of benzene rings is 1. The van der Waals surface area contributed by atoms with Crippen molar-refractivity contribution in [3.8, 4) is 5.75 Å². The highest BCUT2D eigenvalue weighted by Gasteiger charge is 2.18. The number of rotatable bonds is 5. The van der Waals surface area contributed by atoms with Crippen molar-refractivity contribution in [3.05, 3.63) is 18.2 Å². The number of carbonyl (C=O) groups is 2. The van der Waals surface area contributed by atoms with Crippen molar-refractivity contribution in [1.82, 2.24) is 5.32 Å². The third-order valence-corrected chi connectivity index (χ3v) is 3.73. The molecule has 0 spiro atoms. The minimum Gasteiger partial charge on any atom is -0.495 e. The van der Waals surface area contributed by atoms with Gasteiger partial charge in [-0.1, -0.05) is 0 Å². The Morgan fingerprint density at radius 3 is 2.64 bits per heavy atom. The van der Waals surface area contributed by atoms with Crippen LogP contribution >= 0.6 is 0 Å². The maximum Gasteiger partial charge on any atom is 0.224 e. The molecule has 2 amide bonds. The molecule has 6 nitrogen and oxygen atoms in total. The van der Waals surface area contributed by atoms with Crippen LogP contribution in [0.3, 0.4) is 0 Å². The lowest BCUT2D eigenvalue weighted by molar-refractivity contribution is -0.117. The van der Waals surface area contributed by atoms with Gasteiger partial charge in [0.1, 0.15) is 5.75 Å². The fraction of sp³-hybridized carbons (Fsp3) is 0.500. The van der Waals surface area contributed by atoms with Gasteiger partial charge < -0.3 is 20.7 Å². The average Bonchev–Trinajstić information content (AvgIpc) is 2.48. The molecule has 3 N–H and O–H groups in total. The molecule has 0 bridgehead atoms. The van der Waals surface area contributed by atoms with Crippen molar-refractivity contribution in [2.45, 2.75) is 26.2 Å². The zero-order valence-electron chi connectivity index (χ0n) is 13.1. The molecule has 1 fully saturated rings. The summed E-state index contributed by atoms with van der Waals surface area (Å²) in [4.78, 5) is 23.3. The van der Waals surface area contributed by atoms with Gasteiger partial charge in [-0.25, -0.2) is 0 Å². The molecule has 1 aromatic rings. The zero-order chi connectivity index (χ0) is 15.9. The van der Waals surface area contributed by atoms with Gasteiger partial charge in [-0.2, -0.15) is 0 Å². The van der Waals surface area contributed by atoms with Gasteiger partial charge in [0.05, 0.1) is 12.8 Å². The normalized spacial score (nSPS) is 15.2. The molecule has 2 rings (SSSR count). The van der Waals surface area contributed by atoms with E-state index in [1.54, 1.807) is 25.3 Å². The summed E-state index contributed by atoms with van der Waals surface area (Å²) in [6.45, 7) is 3.39. The molecule has 0 aromatic heterocycles. The van der Waals surface area contributed by atoms with E-state index >= 15 is 0 Å². The van der Waals surface area contributed by atoms with Gasteiger partial charge in [0, 0.05) is 19.0 Å². The third-order valence-electron chi connectivity index (χ3n) is 3.73. The Labute approximate surface area is 130 Å². The zero-order valence-corrected chi connectivity index (χ0v) is 13.1. The Hall–Kier alpha value is -2.08. The summed E-state index contributed by atoms with van der Waals surface area (Å²) in [6, 6.07) is 5.18. The SMILES string of the molecule is COc1ccc(NC(C)=O)cc1NC(=O)CC1CCNCC1. The fourth-order valence-corrected chi connectivity index (χ4v) is 2.64. The summed E-state index contributed by atoms with van der Waals surface area (Å²) < 4.78 is 5.26. The lowest BCUT2D eigenvalue weighted by Crippen LogP contribution is -2.30. The summed E-state index contributed by atoms with van der Waals surface area (Å²) in [5, 5.41) is 8.87. The second kappa shape index (κ2) is 7.79. The highest BCUT2D eigenvalue weighted by molar-refractivity contribution is 5.95. The van der Waals surface area contributed by atoms with Gasteiger partial charge in [0.25, 0.3) is 0 Å². The van der Waals surface area contributed by atoms with Crippen molar-refractivity contribution in [2.24, 2.45) is 5.92 Å². The second-order valence-electron chi connectivity index (χ2n) is 5.54. The van der Waals surface area contributed by atoms with Crippen molar-refractivity contribution in [3.63, 3.8) is 0 Å². The molecule has 1 saturated heterocycles. The minimum absolute atomic E-state index is 0.0230. The van der Waals surface area contributed by atoms with Crippen LogP contribution in [-0.2, 0) is 9.59 Å². The van der Waals surface area contributed by atoms with E-state index in [1.165, 1.54) is 6.92 Å². The van der Waals surface area contributed by atoms with Gasteiger partial charge >= 0.3 is 0 Å². The molecule has 0 unspecified atom stereocenters. The van der Waals surface area contributed by atoms with Gasteiger partial charge in [-0.05, 0) is 50.0 Å². The van der Waals surface area contributed by atoms with E-state index in [9.17, 15) is 9.59 Å². The van der Waals surface area contributed by atoms with Crippen molar-refractivity contribution in [2.75, 3.05) is 30.8 Å². The minimum atomic E-state index is -0.155. The van der Waals surface area contributed by atoms with Crippen LogP contribution in [-0.4, -0.2) is 32.0 Å². The number of anilines is 2. The van der Waals surface area contributed by atoms with Crippen LogP contribution in [0.1, 0.15) is 26.2 Å². The van der Waals surface area contributed by atoms with Crippen LogP contribution in [0.4, 0.5) is 11.4 Å². The highest BCUT2D eigenvalue weighted by atomic mass is 16.5. The molecule has 1 aliphatic rings.